The molecule has 0 fully saturated rings. The maximum Gasteiger partial charge on any atom is 0.137 e. The molecule has 19 heavy (non-hydrogen) atoms. The van der Waals surface area contributed by atoms with Crippen molar-refractivity contribution < 1.29 is 9.18 Å². The number of ketones is 1. The monoisotopic (exact) mass is 257 g/mol. The molecule has 98 valence electrons. The number of halogens is 1. The second kappa shape index (κ2) is 6.23. The van der Waals surface area contributed by atoms with Gasteiger partial charge in [0.25, 0.3) is 0 Å². The number of rotatable bonds is 5. The van der Waals surface area contributed by atoms with E-state index in [1.807, 2.05) is 25.1 Å². The molecule has 2 nitrogen and oxygen atoms in total. The fourth-order valence-corrected chi connectivity index (χ4v) is 1.97. The van der Waals surface area contributed by atoms with Gasteiger partial charge in [0, 0.05) is 24.7 Å². The minimum Gasteiger partial charge on any atom is -0.299 e. The van der Waals surface area contributed by atoms with Crippen LogP contribution in [0.2, 0.25) is 0 Å². The predicted octanol–water partition coefficient (Wildman–Crippen LogP) is 3.27. The van der Waals surface area contributed by atoms with E-state index in [0.717, 1.165) is 16.8 Å². The van der Waals surface area contributed by atoms with E-state index < -0.39 is 0 Å². The lowest BCUT2D eigenvalue weighted by Gasteiger charge is -2.05. The van der Waals surface area contributed by atoms with Gasteiger partial charge in [0.1, 0.15) is 11.6 Å². The van der Waals surface area contributed by atoms with Gasteiger partial charge in [-0.3, -0.25) is 9.78 Å². The lowest BCUT2D eigenvalue weighted by molar-refractivity contribution is -0.118. The van der Waals surface area contributed by atoms with E-state index in [9.17, 15) is 9.18 Å². The fraction of sp³-hybridized carbons (Fsp3) is 0.250. The molecule has 0 aliphatic carbocycles. The first-order valence-electron chi connectivity index (χ1n) is 6.32. The summed E-state index contributed by atoms with van der Waals surface area (Å²) in [4.78, 5) is 16.1. The van der Waals surface area contributed by atoms with Gasteiger partial charge in [-0.2, -0.15) is 0 Å². The third-order valence-corrected chi connectivity index (χ3v) is 3.08. The van der Waals surface area contributed by atoms with Crippen molar-refractivity contribution in [1.82, 2.24) is 4.98 Å². The summed E-state index contributed by atoms with van der Waals surface area (Å²) >= 11 is 0. The summed E-state index contributed by atoms with van der Waals surface area (Å²) in [5.41, 5.74) is 2.64. The van der Waals surface area contributed by atoms with Crippen molar-refractivity contribution in [2.24, 2.45) is 0 Å². The quantitative estimate of drug-likeness (QED) is 0.822. The van der Waals surface area contributed by atoms with Crippen molar-refractivity contribution in [2.75, 3.05) is 0 Å². The van der Waals surface area contributed by atoms with Crippen molar-refractivity contribution in [3.8, 4) is 0 Å². The SMILES string of the molecule is Cc1cc(F)ccc1CC(=O)CCc1ccccn1. The number of carbonyl (C=O) groups excluding carboxylic acids is 1. The molecule has 1 heterocycles. The number of benzene rings is 1. The van der Waals surface area contributed by atoms with Gasteiger partial charge in [0.05, 0.1) is 0 Å². The van der Waals surface area contributed by atoms with E-state index in [-0.39, 0.29) is 11.6 Å². The number of carbonyl (C=O) groups is 1. The molecule has 0 amide bonds. The number of hydrogen-bond acceptors (Lipinski definition) is 2. The summed E-state index contributed by atoms with van der Waals surface area (Å²) in [5, 5.41) is 0. The molecule has 0 aliphatic heterocycles. The van der Waals surface area contributed by atoms with E-state index in [1.54, 1.807) is 12.3 Å². The summed E-state index contributed by atoms with van der Waals surface area (Å²) in [6.07, 6.45) is 3.20. The van der Waals surface area contributed by atoms with Gasteiger partial charge < -0.3 is 0 Å². The zero-order chi connectivity index (χ0) is 13.7. The molecule has 0 saturated heterocycles. The molecule has 0 radical (unpaired) electrons. The Morgan fingerprint density at radius 1 is 1.26 bits per heavy atom. The zero-order valence-corrected chi connectivity index (χ0v) is 10.9. The third-order valence-electron chi connectivity index (χ3n) is 3.08. The molecule has 2 rings (SSSR count). The van der Waals surface area contributed by atoms with Crippen molar-refractivity contribution in [2.45, 2.75) is 26.2 Å². The number of nitrogens with zero attached hydrogens (tertiary/aromatic N) is 1. The minimum atomic E-state index is -0.262. The number of pyridine rings is 1. The first-order valence-corrected chi connectivity index (χ1v) is 6.32. The van der Waals surface area contributed by atoms with Crippen LogP contribution in [0.5, 0.6) is 0 Å². The van der Waals surface area contributed by atoms with Crippen LogP contribution in [0.4, 0.5) is 4.39 Å². The molecule has 3 heteroatoms. The second-order valence-corrected chi connectivity index (χ2v) is 4.61. The van der Waals surface area contributed by atoms with Crippen molar-refractivity contribution in [3.63, 3.8) is 0 Å². The summed E-state index contributed by atoms with van der Waals surface area (Å²) < 4.78 is 13.0. The van der Waals surface area contributed by atoms with Crippen LogP contribution < -0.4 is 0 Å². The Morgan fingerprint density at radius 3 is 2.79 bits per heavy atom. The smallest absolute Gasteiger partial charge is 0.137 e. The van der Waals surface area contributed by atoms with Crippen LogP contribution in [0.25, 0.3) is 0 Å². The Hall–Kier alpha value is -2.03. The van der Waals surface area contributed by atoms with Crippen LogP contribution in [0.15, 0.2) is 42.6 Å². The number of hydrogen-bond donors (Lipinski definition) is 0. The van der Waals surface area contributed by atoms with Crippen molar-refractivity contribution >= 4 is 5.78 Å². The third kappa shape index (κ3) is 3.98. The average molecular weight is 257 g/mol. The molecule has 1 aromatic carbocycles. The Kier molecular flexibility index (Phi) is 4.39. The minimum absolute atomic E-state index is 0.153. The highest BCUT2D eigenvalue weighted by Crippen LogP contribution is 2.12. The molecule has 0 bridgehead atoms. The highest BCUT2D eigenvalue weighted by atomic mass is 19.1. The number of Topliss-reactive ketones (excluding diaryl/α,β-unsaturated/α-hetero) is 1. The molecule has 0 aliphatic rings. The van der Waals surface area contributed by atoms with Crippen LogP contribution in [0, 0.1) is 12.7 Å². The Balaban J connectivity index is 1.91. The Morgan fingerprint density at radius 2 is 2.11 bits per heavy atom. The van der Waals surface area contributed by atoms with E-state index in [2.05, 4.69) is 4.98 Å². The second-order valence-electron chi connectivity index (χ2n) is 4.61. The normalized spacial score (nSPS) is 10.4. The fourth-order valence-electron chi connectivity index (χ4n) is 1.97. The van der Waals surface area contributed by atoms with Crippen LogP contribution in [-0.4, -0.2) is 10.8 Å². The van der Waals surface area contributed by atoms with Gasteiger partial charge in [-0.05, 0) is 48.7 Å². The van der Waals surface area contributed by atoms with Gasteiger partial charge in [0.2, 0.25) is 0 Å². The van der Waals surface area contributed by atoms with Crippen LogP contribution in [0.1, 0.15) is 23.2 Å². The maximum absolute atomic E-state index is 13.0. The lowest BCUT2D eigenvalue weighted by atomic mass is 10.0. The van der Waals surface area contributed by atoms with Crippen LogP contribution in [-0.2, 0) is 17.6 Å². The van der Waals surface area contributed by atoms with E-state index in [1.165, 1.54) is 12.1 Å². The Labute approximate surface area is 112 Å². The molecule has 0 spiro atoms. The van der Waals surface area contributed by atoms with Crippen molar-refractivity contribution in [1.29, 1.82) is 0 Å². The molecule has 0 unspecified atom stereocenters. The van der Waals surface area contributed by atoms with E-state index in [4.69, 9.17) is 0 Å². The average Bonchev–Trinajstić information content (AvgIpc) is 2.41. The van der Waals surface area contributed by atoms with Gasteiger partial charge in [-0.1, -0.05) is 12.1 Å². The van der Waals surface area contributed by atoms with Crippen LogP contribution >= 0.6 is 0 Å². The van der Waals surface area contributed by atoms with Crippen molar-refractivity contribution in [3.05, 3.63) is 65.2 Å². The highest BCUT2D eigenvalue weighted by Gasteiger charge is 2.07. The van der Waals surface area contributed by atoms with Gasteiger partial charge >= 0.3 is 0 Å². The summed E-state index contributed by atoms with van der Waals surface area (Å²) in [6, 6.07) is 10.2. The first kappa shape index (κ1) is 13.4. The predicted molar refractivity (Wildman–Crippen MR) is 72.4 cm³/mol. The van der Waals surface area contributed by atoms with Gasteiger partial charge in [0.15, 0.2) is 0 Å². The maximum atomic E-state index is 13.0. The van der Waals surface area contributed by atoms with Crippen LogP contribution in [0.3, 0.4) is 0 Å². The Bertz CT molecular complexity index is 566. The molecular formula is C16H16FNO. The van der Waals surface area contributed by atoms with Gasteiger partial charge in [-0.25, -0.2) is 4.39 Å². The molecular weight excluding hydrogens is 241 g/mol. The summed E-state index contributed by atoms with van der Waals surface area (Å²) in [7, 11) is 0. The number of aromatic nitrogens is 1. The topological polar surface area (TPSA) is 30.0 Å². The first-order chi connectivity index (χ1) is 9.15. The summed E-state index contributed by atoms with van der Waals surface area (Å²) in [5.74, 6) is -0.109. The molecule has 2 aromatic rings. The summed E-state index contributed by atoms with van der Waals surface area (Å²) in [6.45, 7) is 1.82. The van der Waals surface area contributed by atoms with E-state index in [0.29, 0.717) is 19.3 Å². The standard InChI is InChI=1S/C16H16FNO/c1-12-10-14(17)6-5-13(12)11-16(19)8-7-15-4-2-3-9-18-15/h2-6,9-10H,7-8,11H2,1H3. The molecule has 0 N–H and O–H groups in total. The molecule has 0 saturated carbocycles. The molecule has 1 aromatic heterocycles. The van der Waals surface area contributed by atoms with Gasteiger partial charge in [-0.15, -0.1) is 0 Å². The zero-order valence-electron chi connectivity index (χ0n) is 10.9. The van der Waals surface area contributed by atoms with E-state index >= 15 is 0 Å². The molecule has 0 atom stereocenters. The number of aryl methyl sites for hydroxylation is 2. The highest BCUT2D eigenvalue weighted by molar-refractivity contribution is 5.81. The largest absolute Gasteiger partial charge is 0.299 e. The lowest BCUT2D eigenvalue weighted by Crippen LogP contribution is -2.06.